The van der Waals surface area contributed by atoms with E-state index in [1.807, 2.05) is 62.4 Å². The molecule has 0 aliphatic heterocycles. The number of carbonyl (C=O) groups is 1. The van der Waals surface area contributed by atoms with Gasteiger partial charge in [0.2, 0.25) is 5.91 Å². The lowest BCUT2D eigenvalue weighted by Gasteiger charge is -2.18. The van der Waals surface area contributed by atoms with Crippen molar-refractivity contribution in [2.45, 2.75) is 25.9 Å². The number of aryl methyl sites for hydroxylation is 1. The molecule has 0 aliphatic carbocycles. The lowest BCUT2D eigenvalue weighted by Crippen LogP contribution is -2.35. The number of hydrogen-bond donors (Lipinski definition) is 2. The van der Waals surface area contributed by atoms with Crippen molar-refractivity contribution in [2.24, 2.45) is 5.73 Å². The molecule has 0 radical (unpaired) electrons. The van der Waals surface area contributed by atoms with Crippen molar-refractivity contribution in [1.29, 1.82) is 0 Å². The summed E-state index contributed by atoms with van der Waals surface area (Å²) in [6.45, 7) is 4.00. The summed E-state index contributed by atoms with van der Waals surface area (Å²) in [4.78, 5) is 12.2. The van der Waals surface area contributed by atoms with Gasteiger partial charge in [-0.2, -0.15) is 0 Å². The van der Waals surface area contributed by atoms with E-state index in [1.165, 1.54) is 5.56 Å². The molecule has 0 fully saturated rings. The summed E-state index contributed by atoms with van der Waals surface area (Å²) in [6, 6.07) is 16.8. The predicted octanol–water partition coefficient (Wildman–Crippen LogP) is 2.87. The van der Waals surface area contributed by atoms with E-state index in [9.17, 15) is 4.79 Å². The average Bonchev–Trinajstić information content (AvgIpc) is 2.47. The molecule has 0 bridgehead atoms. The van der Waals surface area contributed by atoms with Crippen LogP contribution in [-0.4, -0.2) is 5.91 Å². The molecule has 20 heavy (non-hydrogen) atoms. The summed E-state index contributed by atoms with van der Waals surface area (Å²) in [5.41, 5.74) is 9.06. The summed E-state index contributed by atoms with van der Waals surface area (Å²) in [5, 5.41) is 2.96. The van der Waals surface area contributed by atoms with E-state index >= 15 is 0 Å². The van der Waals surface area contributed by atoms with Crippen molar-refractivity contribution in [2.75, 3.05) is 0 Å². The standard InChI is InChI=1S/C17H20N2O/c1-12-7-6-10-15(11-12)13(2)19-17(20)16(18)14-8-4-3-5-9-14/h3-11,13,16H,18H2,1-2H3,(H,19,20)/t13-,16+/m0/s1. The SMILES string of the molecule is Cc1cccc([C@H](C)NC(=O)[C@H](N)c2ccccc2)c1. The zero-order chi connectivity index (χ0) is 14.5. The molecule has 0 aromatic heterocycles. The Bertz CT molecular complexity index is 581. The highest BCUT2D eigenvalue weighted by molar-refractivity contribution is 5.83. The Labute approximate surface area is 119 Å². The molecular weight excluding hydrogens is 248 g/mol. The molecule has 3 nitrogen and oxygen atoms in total. The fraction of sp³-hybridized carbons (Fsp3) is 0.235. The van der Waals surface area contributed by atoms with Gasteiger partial charge in [-0.1, -0.05) is 60.2 Å². The first kappa shape index (κ1) is 14.3. The van der Waals surface area contributed by atoms with Gasteiger partial charge in [0.05, 0.1) is 6.04 Å². The second kappa shape index (κ2) is 6.35. The van der Waals surface area contributed by atoms with E-state index in [4.69, 9.17) is 5.73 Å². The second-order valence-electron chi connectivity index (χ2n) is 5.03. The molecule has 2 atom stereocenters. The van der Waals surface area contributed by atoms with E-state index in [-0.39, 0.29) is 11.9 Å². The number of benzene rings is 2. The van der Waals surface area contributed by atoms with Crippen molar-refractivity contribution in [3.63, 3.8) is 0 Å². The van der Waals surface area contributed by atoms with E-state index in [1.54, 1.807) is 0 Å². The third-order valence-electron chi connectivity index (χ3n) is 3.34. The molecule has 2 aromatic rings. The topological polar surface area (TPSA) is 55.1 Å². The summed E-state index contributed by atoms with van der Waals surface area (Å²) in [7, 11) is 0. The van der Waals surface area contributed by atoms with Gasteiger partial charge < -0.3 is 11.1 Å². The van der Waals surface area contributed by atoms with E-state index < -0.39 is 6.04 Å². The Morgan fingerprint density at radius 2 is 1.70 bits per heavy atom. The maximum absolute atomic E-state index is 12.2. The van der Waals surface area contributed by atoms with Crippen LogP contribution in [0, 0.1) is 6.92 Å². The van der Waals surface area contributed by atoms with Gasteiger partial charge in [0.15, 0.2) is 0 Å². The monoisotopic (exact) mass is 268 g/mol. The Morgan fingerprint density at radius 1 is 1.05 bits per heavy atom. The Balaban J connectivity index is 2.04. The predicted molar refractivity (Wildman–Crippen MR) is 81.1 cm³/mol. The van der Waals surface area contributed by atoms with Crippen LogP contribution in [0.5, 0.6) is 0 Å². The number of nitrogens with two attached hydrogens (primary N) is 1. The lowest BCUT2D eigenvalue weighted by molar-refractivity contribution is -0.123. The van der Waals surface area contributed by atoms with Gasteiger partial charge >= 0.3 is 0 Å². The van der Waals surface area contributed by atoms with Gasteiger partial charge in [-0.25, -0.2) is 0 Å². The maximum Gasteiger partial charge on any atom is 0.241 e. The summed E-state index contributed by atoms with van der Waals surface area (Å²) < 4.78 is 0. The molecule has 0 saturated carbocycles. The third kappa shape index (κ3) is 3.45. The minimum atomic E-state index is -0.636. The highest BCUT2D eigenvalue weighted by Gasteiger charge is 2.18. The smallest absolute Gasteiger partial charge is 0.241 e. The quantitative estimate of drug-likeness (QED) is 0.896. The van der Waals surface area contributed by atoms with Crippen LogP contribution in [0.25, 0.3) is 0 Å². The Hall–Kier alpha value is -2.13. The van der Waals surface area contributed by atoms with Gasteiger partial charge in [-0.3, -0.25) is 4.79 Å². The van der Waals surface area contributed by atoms with Gasteiger partial charge in [0.25, 0.3) is 0 Å². The Kier molecular flexibility index (Phi) is 4.53. The average molecular weight is 268 g/mol. The van der Waals surface area contributed by atoms with Crippen molar-refractivity contribution >= 4 is 5.91 Å². The van der Waals surface area contributed by atoms with Crippen LogP contribution in [-0.2, 0) is 4.79 Å². The van der Waals surface area contributed by atoms with Crippen molar-refractivity contribution < 1.29 is 4.79 Å². The number of carbonyl (C=O) groups excluding carboxylic acids is 1. The van der Waals surface area contributed by atoms with Crippen LogP contribution < -0.4 is 11.1 Å². The summed E-state index contributed by atoms with van der Waals surface area (Å²) >= 11 is 0. The normalized spacial score (nSPS) is 13.6. The highest BCUT2D eigenvalue weighted by Crippen LogP contribution is 2.16. The van der Waals surface area contributed by atoms with E-state index in [2.05, 4.69) is 11.4 Å². The third-order valence-corrected chi connectivity index (χ3v) is 3.34. The minimum Gasteiger partial charge on any atom is -0.348 e. The first-order valence-electron chi connectivity index (χ1n) is 6.75. The molecule has 0 heterocycles. The van der Waals surface area contributed by atoms with Crippen molar-refractivity contribution in [1.82, 2.24) is 5.32 Å². The number of hydrogen-bond acceptors (Lipinski definition) is 2. The zero-order valence-corrected chi connectivity index (χ0v) is 11.8. The number of nitrogens with one attached hydrogen (secondary N) is 1. The molecule has 2 rings (SSSR count). The van der Waals surface area contributed by atoms with Crippen LogP contribution in [0.3, 0.4) is 0 Å². The van der Waals surface area contributed by atoms with E-state index in [0.29, 0.717) is 0 Å². The molecule has 2 aromatic carbocycles. The fourth-order valence-corrected chi connectivity index (χ4v) is 2.14. The molecule has 1 amide bonds. The fourth-order valence-electron chi connectivity index (χ4n) is 2.14. The molecule has 0 spiro atoms. The van der Waals surface area contributed by atoms with Gasteiger partial charge in [-0.05, 0) is 25.0 Å². The molecule has 104 valence electrons. The molecule has 0 unspecified atom stereocenters. The largest absolute Gasteiger partial charge is 0.348 e. The molecule has 0 saturated heterocycles. The summed E-state index contributed by atoms with van der Waals surface area (Å²) in [5.74, 6) is -0.162. The number of rotatable bonds is 4. The van der Waals surface area contributed by atoms with Crippen molar-refractivity contribution in [3.05, 3.63) is 71.3 Å². The van der Waals surface area contributed by atoms with Gasteiger partial charge in [0, 0.05) is 0 Å². The van der Waals surface area contributed by atoms with Crippen LogP contribution >= 0.6 is 0 Å². The first-order chi connectivity index (χ1) is 9.58. The maximum atomic E-state index is 12.2. The van der Waals surface area contributed by atoms with Gasteiger partial charge in [0.1, 0.15) is 6.04 Å². The van der Waals surface area contributed by atoms with Crippen LogP contribution in [0.4, 0.5) is 0 Å². The number of amides is 1. The highest BCUT2D eigenvalue weighted by atomic mass is 16.2. The lowest BCUT2D eigenvalue weighted by atomic mass is 10.0. The minimum absolute atomic E-state index is 0.0582. The zero-order valence-electron chi connectivity index (χ0n) is 11.8. The molecule has 3 heteroatoms. The van der Waals surface area contributed by atoms with Crippen LogP contribution in [0.1, 0.15) is 35.7 Å². The van der Waals surface area contributed by atoms with E-state index in [0.717, 1.165) is 11.1 Å². The first-order valence-corrected chi connectivity index (χ1v) is 6.75. The molecular formula is C17H20N2O. The van der Waals surface area contributed by atoms with Gasteiger partial charge in [-0.15, -0.1) is 0 Å². The van der Waals surface area contributed by atoms with Crippen LogP contribution in [0.15, 0.2) is 54.6 Å². The molecule has 3 N–H and O–H groups in total. The molecule has 0 aliphatic rings. The summed E-state index contributed by atoms with van der Waals surface area (Å²) in [6.07, 6.45) is 0. The van der Waals surface area contributed by atoms with Crippen LogP contribution in [0.2, 0.25) is 0 Å². The second-order valence-corrected chi connectivity index (χ2v) is 5.03. The Morgan fingerprint density at radius 3 is 2.35 bits per heavy atom. The van der Waals surface area contributed by atoms with Crippen molar-refractivity contribution in [3.8, 4) is 0 Å².